The lowest BCUT2D eigenvalue weighted by atomic mass is 9.88. The van der Waals surface area contributed by atoms with Crippen LogP contribution in [0.2, 0.25) is 0 Å². The second-order valence-corrected chi connectivity index (χ2v) is 8.62. The molecule has 1 aliphatic heterocycles. The van der Waals surface area contributed by atoms with Gasteiger partial charge in [0.1, 0.15) is 22.9 Å². The number of phenols is 1. The molecule has 2 aromatic carbocycles. The molecule has 172 valence electrons. The van der Waals surface area contributed by atoms with E-state index in [1.54, 1.807) is 25.4 Å². The molecule has 8 heteroatoms. The van der Waals surface area contributed by atoms with E-state index >= 15 is 0 Å². The van der Waals surface area contributed by atoms with Gasteiger partial charge in [0.25, 0.3) is 0 Å². The Morgan fingerprint density at radius 3 is 2.36 bits per heavy atom. The number of aryl methyl sites for hydroxylation is 1. The zero-order valence-corrected chi connectivity index (χ0v) is 18.5. The molecule has 2 aromatic heterocycles. The van der Waals surface area contributed by atoms with Gasteiger partial charge < -0.3 is 24.6 Å². The van der Waals surface area contributed by atoms with Crippen LogP contribution < -0.4 is 0 Å². The number of hydrogen-bond donors (Lipinski definition) is 3. The monoisotopic (exact) mass is 451 g/mol. The molecule has 3 heterocycles. The Labute approximate surface area is 190 Å². The number of furan rings is 1. The largest absolute Gasteiger partial charge is 0.507 e. The quantitative estimate of drug-likeness (QED) is 0.409. The van der Waals surface area contributed by atoms with E-state index in [4.69, 9.17) is 4.42 Å². The molecular weight excluding hydrogens is 425 g/mol. The van der Waals surface area contributed by atoms with E-state index in [0.29, 0.717) is 33.1 Å². The molecule has 33 heavy (non-hydrogen) atoms. The number of fused-ring (bicyclic) bond motifs is 3. The maximum atomic E-state index is 14.2. The first kappa shape index (κ1) is 21.8. The normalized spacial score (nSPS) is 16.8. The van der Waals surface area contributed by atoms with Gasteiger partial charge >= 0.3 is 0 Å². The second-order valence-electron chi connectivity index (χ2n) is 8.62. The van der Waals surface area contributed by atoms with Crippen LogP contribution in [-0.2, 0) is 0 Å². The van der Waals surface area contributed by atoms with E-state index < -0.39 is 18.1 Å². The number of aliphatic hydroxyl groups excluding tert-OH is 1. The van der Waals surface area contributed by atoms with Crippen LogP contribution in [0.5, 0.6) is 5.75 Å². The lowest BCUT2D eigenvalue weighted by Crippen LogP contribution is -2.46. The van der Waals surface area contributed by atoms with Crippen LogP contribution in [-0.4, -0.2) is 63.3 Å². The van der Waals surface area contributed by atoms with Crippen molar-refractivity contribution in [3.63, 3.8) is 0 Å². The fourth-order valence-electron chi connectivity index (χ4n) is 4.95. The smallest absolute Gasteiger partial charge is 0.182 e. The minimum Gasteiger partial charge on any atom is -0.507 e. The molecule has 5 rings (SSSR count). The van der Waals surface area contributed by atoms with Crippen LogP contribution in [0.1, 0.15) is 34.8 Å². The molecule has 0 spiro atoms. The molecule has 0 aliphatic carbocycles. The summed E-state index contributed by atoms with van der Waals surface area (Å²) in [7, 11) is 2.06. The number of aromatic nitrogens is 1. The molecule has 1 aliphatic rings. The number of pyridine rings is 1. The highest BCUT2D eigenvalue weighted by atomic mass is 19.1. The lowest BCUT2D eigenvalue weighted by Gasteiger charge is -2.39. The van der Waals surface area contributed by atoms with Gasteiger partial charge in [0.05, 0.1) is 11.6 Å². The predicted octanol–water partition coefficient (Wildman–Crippen LogP) is 3.45. The Hall–Kier alpha value is -3.04. The Morgan fingerprint density at radius 1 is 1.00 bits per heavy atom. The molecular formula is C25H26FN3O4. The van der Waals surface area contributed by atoms with Gasteiger partial charge in [0.2, 0.25) is 0 Å². The summed E-state index contributed by atoms with van der Waals surface area (Å²) in [4.78, 5) is 8.61. The number of phenolic OH excluding ortho intramolecular Hbond substituents is 1. The van der Waals surface area contributed by atoms with E-state index in [9.17, 15) is 19.7 Å². The fourth-order valence-corrected chi connectivity index (χ4v) is 4.95. The Morgan fingerprint density at radius 2 is 1.70 bits per heavy atom. The Kier molecular flexibility index (Phi) is 5.54. The van der Waals surface area contributed by atoms with E-state index in [0.717, 1.165) is 31.7 Å². The summed E-state index contributed by atoms with van der Waals surface area (Å²) >= 11 is 0. The predicted molar refractivity (Wildman–Crippen MR) is 122 cm³/mol. The minimum absolute atomic E-state index is 0.0968. The number of aromatic hydroxyl groups is 1. The number of benzene rings is 2. The molecule has 3 N–H and O–H groups in total. The molecule has 0 amide bonds. The third-order valence-corrected chi connectivity index (χ3v) is 6.59. The molecule has 7 nitrogen and oxygen atoms in total. The van der Waals surface area contributed by atoms with E-state index in [1.807, 2.05) is 12.1 Å². The van der Waals surface area contributed by atoms with Gasteiger partial charge in [0, 0.05) is 60.3 Å². The maximum absolute atomic E-state index is 14.2. The Bertz CT molecular complexity index is 1310. The second kappa shape index (κ2) is 8.39. The summed E-state index contributed by atoms with van der Waals surface area (Å²) in [5, 5.41) is 33.3. The highest BCUT2D eigenvalue weighted by molar-refractivity contribution is 6.11. The van der Waals surface area contributed by atoms with Crippen molar-refractivity contribution in [3.05, 3.63) is 71.0 Å². The molecule has 1 unspecified atom stereocenters. The third-order valence-electron chi connectivity index (χ3n) is 6.59. The summed E-state index contributed by atoms with van der Waals surface area (Å²) in [5.74, 6) is -0.237. The first-order valence-corrected chi connectivity index (χ1v) is 10.9. The van der Waals surface area contributed by atoms with Crippen molar-refractivity contribution < 1.29 is 24.1 Å². The van der Waals surface area contributed by atoms with Crippen LogP contribution in [0, 0.1) is 12.7 Å². The van der Waals surface area contributed by atoms with Crippen LogP contribution in [0.3, 0.4) is 0 Å². The van der Waals surface area contributed by atoms with Crippen molar-refractivity contribution in [3.8, 4) is 5.75 Å². The summed E-state index contributed by atoms with van der Waals surface area (Å²) in [6.45, 7) is 4.81. The number of nitrogens with zero attached hydrogens (tertiary/aromatic N) is 3. The van der Waals surface area contributed by atoms with Crippen LogP contribution in [0.25, 0.3) is 21.7 Å². The maximum Gasteiger partial charge on any atom is 0.182 e. The van der Waals surface area contributed by atoms with Crippen molar-refractivity contribution in [1.82, 2.24) is 14.8 Å². The third kappa shape index (κ3) is 3.65. The van der Waals surface area contributed by atoms with E-state index in [1.165, 1.54) is 12.1 Å². The van der Waals surface area contributed by atoms with Gasteiger partial charge in [-0.2, -0.15) is 0 Å². The number of hydrogen-bond acceptors (Lipinski definition) is 7. The van der Waals surface area contributed by atoms with Crippen molar-refractivity contribution in [1.29, 1.82) is 0 Å². The van der Waals surface area contributed by atoms with E-state index in [2.05, 4.69) is 21.8 Å². The van der Waals surface area contributed by atoms with Gasteiger partial charge in [-0.15, -0.1) is 0 Å². The Balaban J connectivity index is 1.89. The summed E-state index contributed by atoms with van der Waals surface area (Å²) in [6, 6.07) is 7.47. The lowest BCUT2D eigenvalue weighted by molar-refractivity contribution is -0.0424. The number of halogens is 1. The van der Waals surface area contributed by atoms with Gasteiger partial charge in [-0.05, 0) is 49.9 Å². The minimum atomic E-state index is -1.80. The highest BCUT2D eigenvalue weighted by Crippen LogP contribution is 2.48. The molecule has 4 aromatic rings. The van der Waals surface area contributed by atoms with Crippen molar-refractivity contribution >= 4 is 21.7 Å². The van der Waals surface area contributed by atoms with Crippen molar-refractivity contribution in [2.24, 2.45) is 0 Å². The van der Waals surface area contributed by atoms with Crippen molar-refractivity contribution in [2.45, 2.75) is 19.3 Å². The number of likely N-dealkylation sites (N-methyl/N-ethyl adjacent to an activating group) is 1. The highest BCUT2D eigenvalue weighted by Gasteiger charge is 2.34. The SMILES string of the molecule is Cc1oc2c(c1C(O)O)c(C(c1ccncc1)N1CCN(C)CC1)c(O)c1cc(F)ccc12. The zero-order valence-electron chi connectivity index (χ0n) is 18.5. The molecule has 0 radical (unpaired) electrons. The molecule has 1 atom stereocenters. The number of aliphatic hydroxyl groups is 2. The molecule has 0 bridgehead atoms. The summed E-state index contributed by atoms with van der Waals surface area (Å²) in [6.07, 6.45) is 1.58. The zero-order chi connectivity index (χ0) is 23.3. The first-order valence-electron chi connectivity index (χ1n) is 10.9. The molecule has 1 saturated heterocycles. The average Bonchev–Trinajstić information content (AvgIpc) is 3.15. The standard InChI is InChI=1S/C25H26FN3O4/c1-14-19(25(31)32)20-21(23(30)18-13-16(26)3-4-17(18)24(20)33-14)22(15-5-7-27-8-6-15)29-11-9-28(2)10-12-29/h3-8,13,22,25,30-32H,9-12H2,1-2H3. The van der Waals surface area contributed by atoms with Gasteiger partial charge in [-0.3, -0.25) is 9.88 Å². The van der Waals surface area contributed by atoms with Crippen LogP contribution >= 0.6 is 0 Å². The fraction of sp³-hybridized carbons (Fsp3) is 0.320. The molecule has 0 saturated carbocycles. The average molecular weight is 451 g/mol. The van der Waals surface area contributed by atoms with Gasteiger partial charge in [0.15, 0.2) is 6.29 Å². The number of piperazine rings is 1. The van der Waals surface area contributed by atoms with Crippen LogP contribution in [0.15, 0.2) is 47.1 Å². The summed E-state index contributed by atoms with van der Waals surface area (Å²) < 4.78 is 20.2. The molecule has 1 fully saturated rings. The van der Waals surface area contributed by atoms with Gasteiger partial charge in [-0.25, -0.2) is 4.39 Å². The topological polar surface area (TPSA) is 93.2 Å². The summed E-state index contributed by atoms with van der Waals surface area (Å²) in [5.41, 5.74) is 1.96. The van der Waals surface area contributed by atoms with Gasteiger partial charge in [-0.1, -0.05) is 0 Å². The number of rotatable bonds is 4. The van der Waals surface area contributed by atoms with Crippen LogP contribution in [0.4, 0.5) is 4.39 Å². The van der Waals surface area contributed by atoms with E-state index in [-0.39, 0.29) is 11.3 Å². The first-order chi connectivity index (χ1) is 15.9. The van der Waals surface area contributed by atoms with Crippen molar-refractivity contribution in [2.75, 3.05) is 33.2 Å².